The Morgan fingerprint density at radius 2 is 2.06 bits per heavy atom. The van der Waals surface area contributed by atoms with Gasteiger partial charge in [-0.2, -0.15) is 0 Å². The number of primary amides is 1. The maximum Gasteiger partial charge on any atom is 0.405 e. The van der Waals surface area contributed by atoms with E-state index in [1.807, 2.05) is 32.0 Å². The topological polar surface area (TPSA) is 140 Å². The van der Waals surface area contributed by atoms with E-state index >= 15 is 0 Å². The second-order valence-electron chi connectivity index (χ2n) is 7.98. The van der Waals surface area contributed by atoms with Gasteiger partial charge in [-0.15, -0.1) is 11.3 Å². The zero-order valence-electron chi connectivity index (χ0n) is 17.4. The van der Waals surface area contributed by atoms with E-state index in [9.17, 15) is 19.2 Å². The van der Waals surface area contributed by atoms with Gasteiger partial charge in [0.05, 0.1) is 16.3 Å². The van der Waals surface area contributed by atoms with Gasteiger partial charge in [0.1, 0.15) is 0 Å². The largest absolute Gasteiger partial charge is 0.436 e. The number of aromatic nitrogens is 1. The van der Waals surface area contributed by atoms with Crippen LogP contribution in [0.3, 0.4) is 0 Å². The maximum atomic E-state index is 13.3. The summed E-state index contributed by atoms with van der Waals surface area (Å²) in [6, 6.07) is 6.37. The van der Waals surface area contributed by atoms with Gasteiger partial charge in [-0.05, 0) is 37.3 Å². The molecule has 31 heavy (non-hydrogen) atoms. The van der Waals surface area contributed by atoms with Crippen molar-refractivity contribution in [2.45, 2.75) is 45.3 Å². The third-order valence-electron chi connectivity index (χ3n) is 5.06. The fourth-order valence-electron chi connectivity index (χ4n) is 3.55. The summed E-state index contributed by atoms with van der Waals surface area (Å²) in [5.41, 5.74) is 5.80. The van der Waals surface area contributed by atoms with Gasteiger partial charge >= 0.3 is 6.09 Å². The molecule has 1 aliphatic heterocycles. The predicted molar refractivity (Wildman–Crippen MR) is 116 cm³/mol. The SMILES string of the molecule is CC(C)C[C@H](OC(N)=O)C(=O)N[C@@H](C[C@@H]1CCNC1=O)C(=O)c1nc2ccccc2s1. The lowest BCUT2D eigenvalue weighted by atomic mass is 9.95. The third kappa shape index (κ3) is 5.78. The van der Waals surface area contributed by atoms with Crippen LogP contribution in [0.5, 0.6) is 0 Å². The minimum Gasteiger partial charge on any atom is -0.436 e. The number of thiazole rings is 1. The predicted octanol–water partition coefficient (Wildman–Crippen LogP) is 2.00. The number of ketones is 1. The Morgan fingerprint density at radius 1 is 1.32 bits per heavy atom. The molecule has 2 heterocycles. The summed E-state index contributed by atoms with van der Waals surface area (Å²) < 4.78 is 5.82. The highest BCUT2D eigenvalue weighted by molar-refractivity contribution is 7.20. The lowest BCUT2D eigenvalue weighted by molar-refractivity contribution is -0.131. The van der Waals surface area contributed by atoms with E-state index in [0.717, 1.165) is 4.70 Å². The van der Waals surface area contributed by atoms with Gasteiger partial charge in [-0.1, -0.05) is 26.0 Å². The van der Waals surface area contributed by atoms with E-state index in [1.165, 1.54) is 11.3 Å². The fraction of sp³-hybridized carbons (Fsp3) is 0.476. The highest BCUT2D eigenvalue weighted by Gasteiger charge is 2.35. The number of nitrogens with one attached hydrogen (secondary N) is 2. The number of rotatable bonds is 9. The molecule has 0 spiro atoms. The van der Waals surface area contributed by atoms with Crippen molar-refractivity contribution in [3.05, 3.63) is 29.3 Å². The maximum absolute atomic E-state index is 13.3. The van der Waals surface area contributed by atoms with Gasteiger partial charge in [-0.3, -0.25) is 14.4 Å². The van der Waals surface area contributed by atoms with Crippen molar-refractivity contribution in [1.82, 2.24) is 15.6 Å². The number of carbonyl (C=O) groups excluding carboxylic acids is 4. The van der Waals surface area contributed by atoms with Gasteiger partial charge in [0.2, 0.25) is 11.7 Å². The van der Waals surface area contributed by atoms with Gasteiger partial charge in [0.25, 0.3) is 5.91 Å². The molecule has 0 unspecified atom stereocenters. The standard InChI is InChI=1S/C21H26N4O5S/c1-11(2)9-15(30-21(22)29)19(28)24-14(10-12-7-8-23-18(12)27)17(26)20-25-13-5-3-4-6-16(13)31-20/h3-6,11-12,14-15H,7-10H2,1-2H3,(H2,22,29)(H,23,27)(H,24,28)/t12-,14-,15-/m0/s1. The Balaban J connectivity index is 1.84. The van der Waals surface area contributed by atoms with Crippen molar-refractivity contribution < 1.29 is 23.9 Å². The highest BCUT2D eigenvalue weighted by Crippen LogP contribution is 2.25. The van der Waals surface area contributed by atoms with Crippen LogP contribution in [0.1, 0.15) is 42.9 Å². The van der Waals surface area contributed by atoms with Gasteiger partial charge in [-0.25, -0.2) is 9.78 Å². The molecule has 166 valence electrons. The normalized spacial score (nSPS) is 17.9. The van der Waals surface area contributed by atoms with Crippen LogP contribution in [-0.4, -0.2) is 47.4 Å². The van der Waals surface area contributed by atoms with E-state index < -0.39 is 30.1 Å². The Labute approximate surface area is 183 Å². The van der Waals surface area contributed by atoms with Crippen molar-refractivity contribution in [3.8, 4) is 0 Å². The number of hydrogen-bond donors (Lipinski definition) is 3. The van der Waals surface area contributed by atoms with Crippen LogP contribution < -0.4 is 16.4 Å². The number of Topliss-reactive ketones (excluding diaryl/α,β-unsaturated/α-hetero) is 1. The molecule has 1 aromatic carbocycles. The van der Waals surface area contributed by atoms with Crippen molar-refractivity contribution in [2.24, 2.45) is 17.6 Å². The summed E-state index contributed by atoms with van der Waals surface area (Å²) in [5, 5.41) is 5.68. The number of fused-ring (bicyclic) bond motifs is 1. The summed E-state index contributed by atoms with van der Waals surface area (Å²) in [6.45, 7) is 4.27. The van der Waals surface area contributed by atoms with Crippen molar-refractivity contribution >= 4 is 45.2 Å². The van der Waals surface area contributed by atoms with Crippen LogP contribution in [-0.2, 0) is 14.3 Å². The quantitative estimate of drug-likeness (QED) is 0.503. The number of amides is 3. The van der Waals surface area contributed by atoms with Crippen LogP contribution >= 0.6 is 11.3 Å². The number of para-hydroxylation sites is 1. The molecule has 10 heteroatoms. The zero-order chi connectivity index (χ0) is 22.5. The highest BCUT2D eigenvalue weighted by atomic mass is 32.1. The second kappa shape index (κ2) is 9.86. The molecule has 1 saturated heterocycles. The molecule has 0 bridgehead atoms. The molecule has 0 aliphatic carbocycles. The Kier molecular flexibility index (Phi) is 7.21. The van der Waals surface area contributed by atoms with Crippen LogP contribution in [0, 0.1) is 11.8 Å². The average molecular weight is 447 g/mol. The van der Waals surface area contributed by atoms with Gasteiger partial charge in [0.15, 0.2) is 11.1 Å². The number of benzene rings is 1. The van der Waals surface area contributed by atoms with Crippen molar-refractivity contribution in [3.63, 3.8) is 0 Å². The van der Waals surface area contributed by atoms with Crippen molar-refractivity contribution in [1.29, 1.82) is 0 Å². The number of hydrogen-bond acceptors (Lipinski definition) is 7. The first-order valence-electron chi connectivity index (χ1n) is 10.2. The monoisotopic (exact) mass is 446 g/mol. The van der Waals surface area contributed by atoms with E-state index in [4.69, 9.17) is 10.5 Å². The van der Waals surface area contributed by atoms with Crippen LogP contribution in [0.15, 0.2) is 24.3 Å². The zero-order valence-corrected chi connectivity index (χ0v) is 18.2. The first-order valence-corrected chi connectivity index (χ1v) is 11.0. The summed E-state index contributed by atoms with van der Waals surface area (Å²) >= 11 is 1.23. The Morgan fingerprint density at radius 3 is 2.68 bits per heavy atom. The molecule has 0 radical (unpaired) electrons. The molecule has 9 nitrogen and oxygen atoms in total. The lowest BCUT2D eigenvalue weighted by Gasteiger charge is -2.23. The summed E-state index contributed by atoms with van der Waals surface area (Å²) in [6.07, 6.45) is -1.23. The molecule has 4 N–H and O–H groups in total. The molecule has 0 saturated carbocycles. The molecular weight excluding hydrogens is 420 g/mol. The van der Waals surface area contributed by atoms with Crippen LogP contribution in [0.2, 0.25) is 0 Å². The summed E-state index contributed by atoms with van der Waals surface area (Å²) in [5.74, 6) is -1.50. The molecule has 1 fully saturated rings. The fourth-order valence-corrected chi connectivity index (χ4v) is 4.51. The van der Waals surface area contributed by atoms with Crippen LogP contribution in [0.4, 0.5) is 4.79 Å². The number of nitrogens with zero attached hydrogens (tertiary/aromatic N) is 1. The van der Waals surface area contributed by atoms with Crippen molar-refractivity contribution in [2.75, 3.05) is 6.54 Å². The minimum atomic E-state index is -1.12. The first-order chi connectivity index (χ1) is 14.7. The third-order valence-corrected chi connectivity index (χ3v) is 6.11. The van der Waals surface area contributed by atoms with Gasteiger partial charge in [0, 0.05) is 12.5 Å². The first kappa shape index (κ1) is 22.7. The Bertz CT molecular complexity index is 956. The molecule has 1 aliphatic rings. The van der Waals surface area contributed by atoms with E-state index in [-0.39, 0.29) is 35.5 Å². The van der Waals surface area contributed by atoms with E-state index in [0.29, 0.717) is 18.5 Å². The smallest absolute Gasteiger partial charge is 0.405 e. The summed E-state index contributed by atoms with van der Waals surface area (Å²) in [4.78, 5) is 53.9. The molecule has 3 atom stereocenters. The minimum absolute atomic E-state index is 0.0501. The molecule has 1 aromatic heterocycles. The van der Waals surface area contributed by atoms with E-state index in [1.54, 1.807) is 6.07 Å². The number of ether oxygens (including phenoxy) is 1. The molecular formula is C21H26N4O5S. The average Bonchev–Trinajstić information content (AvgIpc) is 3.31. The molecule has 2 aromatic rings. The lowest BCUT2D eigenvalue weighted by Crippen LogP contribution is -2.48. The van der Waals surface area contributed by atoms with Crippen LogP contribution in [0.25, 0.3) is 10.2 Å². The molecule has 3 rings (SSSR count). The number of nitrogens with two attached hydrogens (primary N) is 1. The van der Waals surface area contributed by atoms with E-state index in [2.05, 4.69) is 15.6 Å². The number of carbonyl (C=O) groups is 4. The van der Waals surface area contributed by atoms with Gasteiger partial charge < -0.3 is 21.1 Å². The summed E-state index contributed by atoms with van der Waals surface area (Å²) in [7, 11) is 0. The second-order valence-corrected chi connectivity index (χ2v) is 9.01. The Hall–Kier alpha value is -3.01. The molecule has 3 amide bonds.